The van der Waals surface area contributed by atoms with E-state index in [0.29, 0.717) is 12.0 Å². The molecule has 0 unspecified atom stereocenters. The van der Waals surface area contributed by atoms with Gasteiger partial charge in [-0.1, -0.05) is 18.2 Å². The van der Waals surface area contributed by atoms with E-state index in [-0.39, 0.29) is 12.4 Å². The first kappa shape index (κ1) is 7.22. The van der Waals surface area contributed by atoms with Crippen molar-refractivity contribution in [3.8, 4) is 0 Å². The molecule has 0 spiro atoms. The summed E-state index contributed by atoms with van der Waals surface area (Å²) in [4.78, 5) is 0. The summed E-state index contributed by atoms with van der Waals surface area (Å²) in [5.74, 6) is -0.199. The second-order valence-electron chi connectivity index (χ2n) is 2.09. The number of benzene rings is 1. The van der Waals surface area contributed by atoms with E-state index >= 15 is 0 Å². The number of hydrogen-bond donors (Lipinski definition) is 0. The fourth-order valence-electron chi connectivity index (χ4n) is 0.836. The lowest BCUT2D eigenvalue weighted by atomic mass is 10.1. The fourth-order valence-corrected chi connectivity index (χ4v) is 0.836. The van der Waals surface area contributed by atoms with E-state index in [1.807, 2.05) is 0 Å². The highest BCUT2D eigenvalue weighted by Gasteiger charge is 1.96. The monoisotopic (exact) mass is 138 g/mol. The van der Waals surface area contributed by atoms with E-state index in [0.717, 1.165) is 0 Å². The van der Waals surface area contributed by atoms with E-state index in [1.165, 1.54) is 6.07 Å². The highest BCUT2D eigenvalue weighted by Crippen LogP contribution is 2.05. The minimum absolute atomic E-state index is 0.199. The lowest BCUT2D eigenvalue weighted by molar-refractivity contribution is 0.609. The topological polar surface area (TPSA) is 23.8 Å². The Hall–Kier alpha value is -0.890. The Morgan fingerprint density at radius 1 is 1.30 bits per heavy atom. The number of nitrogens with one attached hydrogen (secondary N) is 1. The first-order chi connectivity index (χ1) is 4.84. The molecule has 1 nitrogen and oxygen atoms in total. The smallest absolute Gasteiger partial charge is 0.126 e. The van der Waals surface area contributed by atoms with E-state index < -0.39 is 0 Å². The maximum atomic E-state index is 12.7. The number of hydrogen-bond acceptors (Lipinski definition) is 0. The highest BCUT2D eigenvalue weighted by molar-refractivity contribution is 5.17. The van der Waals surface area contributed by atoms with Gasteiger partial charge in [0.2, 0.25) is 0 Å². The molecule has 2 heteroatoms. The summed E-state index contributed by atoms with van der Waals surface area (Å²) in [6.45, 7) is 0.251. The third-order valence-electron chi connectivity index (χ3n) is 1.35. The van der Waals surface area contributed by atoms with E-state index in [4.69, 9.17) is 5.73 Å². The minimum atomic E-state index is -0.199. The molecule has 0 atom stereocenters. The molecule has 53 valence electrons. The van der Waals surface area contributed by atoms with Gasteiger partial charge in [-0.25, -0.2) is 4.39 Å². The summed E-state index contributed by atoms with van der Waals surface area (Å²) >= 11 is 0. The van der Waals surface area contributed by atoms with Crippen LogP contribution in [-0.4, -0.2) is 6.54 Å². The summed E-state index contributed by atoms with van der Waals surface area (Å²) in [5, 5.41) is 0. The zero-order valence-electron chi connectivity index (χ0n) is 5.60. The zero-order valence-corrected chi connectivity index (χ0v) is 5.60. The van der Waals surface area contributed by atoms with Crippen molar-refractivity contribution >= 4 is 0 Å². The Labute approximate surface area is 59.7 Å². The molecule has 1 radical (unpaired) electrons. The van der Waals surface area contributed by atoms with Crippen LogP contribution in [0.25, 0.3) is 0 Å². The Balaban J connectivity index is 2.81. The zero-order chi connectivity index (χ0) is 7.40. The van der Waals surface area contributed by atoms with Crippen molar-refractivity contribution in [2.45, 2.75) is 6.42 Å². The highest BCUT2D eigenvalue weighted by atomic mass is 19.1. The molecule has 10 heavy (non-hydrogen) atoms. The molecule has 1 N–H and O–H groups in total. The van der Waals surface area contributed by atoms with Gasteiger partial charge in [0.05, 0.1) is 0 Å². The maximum Gasteiger partial charge on any atom is 0.126 e. The van der Waals surface area contributed by atoms with Crippen molar-refractivity contribution in [3.63, 3.8) is 0 Å². The predicted molar refractivity (Wildman–Crippen MR) is 38.1 cm³/mol. The molecule has 0 aliphatic heterocycles. The molecule has 0 aliphatic rings. The van der Waals surface area contributed by atoms with Crippen LogP contribution >= 0.6 is 0 Å². The summed E-state index contributed by atoms with van der Waals surface area (Å²) < 4.78 is 12.7. The fraction of sp³-hybridized carbons (Fsp3) is 0.250. The molecule has 0 aliphatic carbocycles. The predicted octanol–water partition coefficient (Wildman–Crippen LogP) is 1.65. The van der Waals surface area contributed by atoms with E-state index in [9.17, 15) is 4.39 Å². The molecule has 0 heterocycles. The van der Waals surface area contributed by atoms with Crippen LogP contribution in [0.1, 0.15) is 5.56 Å². The summed E-state index contributed by atoms with van der Waals surface area (Å²) in [6.07, 6.45) is 0.507. The molecule has 0 bridgehead atoms. The van der Waals surface area contributed by atoms with Crippen LogP contribution in [0.3, 0.4) is 0 Å². The van der Waals surface area contributed by atoms with Gasteiger partial charge in [-0.05, 0) is 18.1 Å². The first-order valence-corrected chi connectivity index (χ1v) is 3.22. The van der Waals surface area contributed by atoms with Gasteiger partial charge in [0.1, 0.15) is 5.82 Å². The number of halogens is 1. The van der Waals surface area contributed by atoms with Gasteiger partial charge in [-0.15, -0.1) is 0 Å². The largest absolute Gasteiger partial charge is 0.258 e. The van der Waals surface area contributed by atoms with Crippen molar-refractivity contribution in [1.29, 1.82) is 0 Å². The minimum Gasteiger partial charge on any atom is -0.258 e. The molecular weight excluding hydrogens is 129 g/mol. The van der Waals surface area contributed by atoms with Crippen LogP contribution in [0.5, 0.6) is 0 Å². The first-order valence-electron chi connectivity index (χ1n) is 3.22. The van der Waals surface area contributed by atoms with Crippen LogP contribution in [0.4, 0.5) is 4.39 Å². The lowest BCUT2D eigenvalue weighted by Gasteiger charge is -1.97. The molecule has 0 amide bonds. The molecule has 1 aromatic carbocycles. The van der Waals surface area contributed by atoms with Crippen molar-refractivity contribution < 1.29 is 4.39 Å². The Kier molecular flexibility index (Phi) is 2.40. The molecule has 0 aromatic heterocycles. The summed E-state index contributed by atoms with van der Waals surface area (Å²) in [7, 11) is 0. The third-order valence-corrected chi connectivity index (χ3v) is 1.35. The summed E-state index contributed by atoms with van der Waals surface area (Å²) in [6, 6.07) is 6.58. The molecule has 0 saturated heterocycles. The lowest BCUT2D eigenvalue weighted by Crippen LogP contribution is -1.94. The van der Waals surface area contributed by atoms with Gasteiger partial charge < -0.3 is 0 Å². The third kappa shape index (κ3) is 1.54. The Morgan fingerprint density at radius 2 is 2.00 bits per heavy atom. The van der Waals surface area contributed by atoms with Crippen molar-refractivity contribution in [1.82, 2.24) is 5.73 Å². The van der Waals surface area contributed by atoms with Crippen LogP contribution < -0.4 is 5.73 Å². The maximum absolute atomic E-state index is 12.7. The molecule has 0 fully saturated rings. The van der Waals surface area contributed by atoms with Gasteiger partial charge in [0.15, 0.2) is 0 Å². The van der Waals surface area contributed by atoms with Crippen molar-refractivity contribution in [2.75, 3.05) is 6.54 Å². The van der Waals surface area contributed by atoms with Crippen LogP contribution in [0.15, 0.2) is 24.3 Å². The van der Waals surface area contributed by atoms with Crippen LogP contribution in [0.2, 0.25) is 0 Å². The quantitative estimate of drug-likeness (QED) is 0.593. The van der Waals surface area contributed by atoms with E-state index in [1.54, 1.807) is 18.2 Å². The van der Waals surface area contributed by atoms with Crippen molar-refractivity contribution in [3.05, 3.63) is 35.6 Å². The van der Waals surface area contributed by atoms with Gasteiger partial charge in [-0.2, -0.15) is 0 Å². The Morgan fingerprint density at radius 3 is 2.60 bits per heavy atom. The molecule has 1 rings (SSSR count). The Bertz CT molecular complexity index is 210. The van der Waals surface area contributed by atoms with Gasteiger partial charge in [-0.3, -0.25) is 5.73 Å². The molecular formula is C8H9FN. The van der Waals surface area contributed by atoms with Gasteiger partial charge in [0, 0.05) is 6.54 Å². The normalized spacial score (nSPS) is 9.80. The standard InChI is InChI=1S/C8H9FN/c9-8-4-2-1-3-7(8)5-6-10/h1-4,10H,5-6H2. The van der Waals surface area contributed by atoms with Crippen LogP contribution in [-0.2, 0) is 6.42 Å². The van der Waals surface area contributed by atoms with Gasteiger partial charge >= 0.3 is 0 Å². The molecule has 1 aromatic rings. The van der Waals surface area contributed by atoms with Crippen LogP contribution in [0, 0.1) is 5.82 Å². The average molecular weight is 138 g/mol. The SMILES string of the molecule is [NH]CCc1ccccc1F. The number of rotatable bonds is 2. The molecule has 0 saturated carbocycles. The summed E-state index contributed by atoms with van der Waals surface area (Å²) in [5.41, 5.74) is 7.51. The second-order valence-corrected chi connectivity index (χ2v) is 2.09. The average Bonchev–Trinajstić information content (AvgIpc) is 1.94. The van der Waals surface area contributed by atoms with Crippen molar-refractivity contribution in [2.24, 2.45) is 0 Å². The second kappa shape index (κ2) is 3.32. The van der Waals surface area contributed by atoms with E-state index in [2.05, 4.69) is 0 Å². The van der Waals surface area contributed by atoms with Gasteiger partial charge in [0.25, 0.3) is 0 Å².